The molecule has 0 saturated heterocycles. The summed E-state index contributed by atoms with van der Waals surface area (Å²) in [4.78, 5) is 15.9. The fraction of sp³-hybridized carbons (Fsp3) is 0.364. The van der Waals surface area contributed by atoms with Gasteiger partial charge in [-0.2, -0.15) is 0 Å². The van der Waals surface area contributed by atoms with Crippen molar-refractivity contribution in [2.24, 2.45) is 5.73 Å². The van der Waals surface area contributed by atoms with E-state index in [-0.39, 0.29) is 18.5 Å². The Morgan fingerprint density at radius 3 is 2.18 bits per heavy atom. The van der Waals surface area contributed by atoms with Gasteiger partial charge in [0.1, 0.15) is 0 Å². The standard InChI is InChI=1S/C22H30N4O2/c1-4-18-12-9-13-19(5-2)20(18)25(3)22(27)26(21(23)24)14-15-28-16-17-10-7-6-8-11-17/h6-13H,4-5,14-16H2,1-3H3,(H3,23,24). The molecule has 0 aliphatic rings. The monoisotopic (exact) mass is 382 g/mol. The van der Waals surface area contributed by atoms with E-state index in [2.05, 4.69) is 13.8 Å². The molecule has 0 atom stereocenters. The molecular formula is C22H30N4O2. The van der Waals surface area contributed by atoms with Crippen LogP contribution in [0.4, 0.5) is 10.5 Å². The van der Waals surface area contributed by atoms with Gasteiger partial charge in [-0.15, -0.1) is 0 Å². The first kappa shape index (κ1) is 21.4. The number of nitrogens with zero attached hydrogens (tertiary/aromatic N) is 2. The zero-order valence-electron chi connectivity index (χ0n) is 16.9. The zero-order valence-corrected chi connectivity index (χ0v) is 16.9. The van der Waals surface area contributed by atoms with Crippen molar-refractivity contribution in [1.82, 2.24) is 4.90 Å². The maximum absolute atomic E-state index is 13.1. The molecule has 150 valence electrons. The molecule has 2 rings (SSSR count). The Kier molecular flexibility index (Phi) is 8.02. The van der Waals surface area contributed by atoms with E-state index in [0.29, 0.717) is 13.2 Å². The number of hydrogen-bond donors (Lipinski definition) is 2. The molecule has 6 nitrogen and oxygen atoms in total. The number of benzene rings is 2. The van der Waals surface area contributed by atoms with Crippen LogP contribution in [-0.2, 0) is 24.2 Å². The maximum atomic E-state index is 13.1. The van der Waals surface area contributed by atoms with Crippen molar-refractivity contribution in [3.8, 4) is 0 Å². The summed E-state index contributed by atoms with van der Waals surface area (Å²) in [5, 5.41) is 7.84. The number of nitrogens with one attached hydrogen (secondary N) is 1. The Bertz CT molecular complexity index is 770. The molecule has 0 aliphatic heterocycles. The van der Waals surface area contributed by atoms with Gasteiger partial charge < -0.3 is 10.5 Å². The summed E-state index contributed by atoms with van der Waals surface area (Å²) in [5.74, 6) is -0.285. The van der Waals surface area contributed by atoms with Gasteiger partial charge in [0.15, 0.2) is 5.96 Å². The Hall–Kier alpha value is -2.86. The average molecular weight is 383 g/mol. The van der Waals surface area contributed by atoms with E-state index in [4.69, 9.17) is 15.9 Å². The van der Waals surface area contributed by atoms with Crippen LogP contribution in [0.25, 0.3) is 0 Å². The lowest BCUT2D eigenvalue weighted by atomic mass is 10.0. The Morgan fingerprint density at radius 1 is 1.04 bits per heavy atom. The van der Waals surface area contributed by atoms with Crippen molar-refractivity contribution in [3.05, 3.63) is 65.2 Å². The van der Waals surface area contributed by atoms with Crippen LogP contribution in [-0.4, -0.2) is 37.1 Å². The highest BCUT2D eigenvalue weighted by atomic mass is 16.5. The predicted octanol–water partition coefficient (Wildman–Crippen LogP) is 3.78. The summed E-state index contributed by atoms with van der Waals surface area (Å²) in [5.41, 5.74) is 9.84. The minimum atomic E-state index is -0.327. The van der Waals surface area contributed by atoms with Gasteiger partial charge in [0.25, 0.3) is 0 Å². The van der Waals surface area contributed by atoms with E-state index < -0.39 is 0 Å². The summed E-state index contributed by atoms with van der Waals surface area (Å²) < 4.78 is 5.66. The predicted molar refractivity (Wildman–Crippen MR) is 114 cm³/mol. The molecule has 0 aromatic heterocycles. The topological polar surface area (TPSA) is 82.7 Å². The molecule has 0 unspecified atom stereocenters. The van der Waals surface area contributed by atoms with E-state index >= 15 is 0 Å². The summed E-state index contributed by atoms with van der Waals surface area (Å²) >= 11 is 0. The third kappa shape index (κ3) is 5.33. The van der Waals surface area contributed by atoms with Crippen LogP contribution in [0.15, 0.2) is 48.5 Å². The second-order valence-corrected chi connectivity index (χ2v) is 6.55. The quantitative estimate of drug-likeness (QED) is 0.414. The summed E-state index contributed by atoms with van der Waals surface area (Å²) in [6.07, 6.45) is 1.64. The molecule has 28 heavy (non-hydrogen) atoms. The first-order valence-electron chi connectivity index (χ1n) is 9.61. The number of amides is 2. The molecule has 0 aliphatic carbocycles. The molecule has 3 N–H and O–H groups in total. The highest BCUT2D eigenvalue weighted by molar-refractivity contribution is 6.02. The van der Waals surface area contributed by atoms with Gasteiger partial charge in [-0.3, -0.25) is 15.2 Å². The first-order valence-corrected chi connectivity index (χ1v) is 9.61. The molecule has 2 amide bonds. The number of aryl methyl sites for hydroxylation is 2. The van der Waals surface area contributed by atoms with Crippen molar-refractivity contribution in [3.63, 3.8) is 0 Å². The molecule has 0 spiro atoms. The van der Waals surface area contributed by atoms with Gasteiger partial charge in [-0.25, -0.2) is 4.79 Å². The number of anilines is 1. The SMILES string of the molecule is CCc1cccc(CC)c1N(C)C(=O)N(CCOCc1ccccc1)C(=N)N. The molecule has 0 heterocycles. The van der Waals surface area contributed by atoms with Gasteiger partial charge in [0, 0.05) is 7.05 Å². The fourth-order valence-corrected chi connectivity index (χ4v) is 3.16. The van der Waals surface area contributed by atoms with E-state index in [1.54, 1.807) is 11.9 Å². The number of urea groups is 1. The highest BCUT2D eigenvalue weighted by Crippen LogP contribution is 2.27. The van der Waals surface area contributed by atoms with Gasteiger partial charge in [-0.1, -0.05) is 62.4 Å². The molecule has 0 bridgehead atoms. The normalized spacial score (nSPS) is 10.5. The maximum Gasteiger partial charge on any atom is 0.331 e. The second-order valence-electron chi connectivity index (χ2n) is 6.55. The number of carbonyl (C=O) groups excluding carboxylic acids is 1. The summed E-state index contributed by atoms with van der Waals surface area (Å²) in [6.45, 7) is 5.11. The molecule has 2 aromatic carbocycles. The van der Waals surface area contributed by atoms with Crippen LogP contribution in [0, 0.1) is 5.41 Å². The smallest absolute Gasteiger partial charge is 0.331 e. The number of hydrogen-bond acceptors (Lipinski definition) is 3. The van der Waals surface area contributed by atoms with Crippen molar-refractivity contribution < 1.29 is 9.53 Å². The number of para-hydroxylation sites is 1. The molecule has 0 radical (unpaired) electrons. The number of rotatable bonds is 8. The highest BCUT2D eigenvalue weighted by Gasteiger charge is 2.24. The number of carbonyl (C=O) groups is 1. The third-order valence-electron chi connectivity index (χ3n) is 4.68. The molecular weight excluding hydrogens is 352 g/mol. The van der Waals surface area contributed by atoms with Gasteiger partial charge in [-0.05, 0) is 29.5 Å². The van der Waals surface area contributed by atoms with Gasteiger partial charge in [0.2, 0.25) is 0 Å². The van der Waals surface area contributed by atoms with Crippen LogP contribution in [0.2, 0.25) is 0 Å². The number of guanidine groups is 1. The van der Waals surface area contributed by atoms with Crippen molar-refractivity contribution in [2.75, 3.05) is 25.1 Å². The van der Waals surface area contributed by atoms with Crippen LogP contribution in [0.3, 0.4) is 0 Å². The van der Waals surface area contributed by atoms with Gasteiger partial charge >= 0.3 is 6.03 Å². The lowest BCUT2D eigenvalue weighted by Crippen LogP contribution is -2.49. The lowest BCUT2D eigenvalue weighted by molar-refractivity contribution is 0.111. The van der Waals surface area contributed by atoms with E-state index in [1.807, 2.05) is 48.5 Å². The van der Waals surface area contributed by atoms with Crippen LogP contribution < -0.4 is 10.6 Å². The second kappa shape index (κ2) is 10.5. The van der Waals surface area contributed by atoms with Crippen LogP contribution in [0.1, 0.15) is 30.5 Å². The third-order valence-corrected chi connectivity index (χ3v) is 4.68. The van der Waals surface area contributed by atoms with Crippen LogP contribution >= 0.6 is 0 Å². The fourth-order valence-electron chi connectivity index (χ4n) is 3.16. The van der Waals surface area contributed by atoms with Crippen molar-refractivity contribution in [2.45, 2.75) is 33.3 Å². The van der Waals surface area contributed by atoms with E-state index in [0.717, 1.165) is 35.2 Å². The van der Waals surface area contributed by atoms with Crippen molar-refractivity contribution in [1.29, 1.82) is 5.41 Å². The minimum absolute atomic E-state index is 0.223. The minimum Gasteiger partial charge on any atom is -0.375 e. The van der Waals surface area contributed by atoms with E-state index in [9.17, 15) is 4.79 Å². The first-order chi connectivity index (χ1) is 13.5. The molecule has 0 fully saturated rings. The van der Waals surface area contributed by atoms with Crippen LogP contribution in [0.5, 0.6) is 0 Å². The Morgan fingerprint density at radius 2 is 1.64 bits per heavy atom. The molecule has 2 aromatic rings. The number of ether oxygens (including phenoxy) is 1. The Balaban J connectivity index is 2.07. The summed E-state index contributed by atoms with van der Waals surface area (Å²) in [6, 6.07) is 15.6. The Labute approximate surface area is 167 Å². The lowest BCUT2D eigenvalue weighted by Gasteiger charge is -2.29. The molecule has 0 saturated carbocycles. The van der Waals surface area contributed by atoms with E-state index in [1.165, 1.54) is 4.90 Å². The summed E-state index contributed by atoms with van der Waals surface area (Å²) in [7, 11) is 1.73. The average Bonchev–Trinajstić information content (AvgIpc) is 2.72. The zero-order chi connectivity index (χ0) is 20.5. The molecule has 6 heteroatoms. The largest absolute Gasteiger partial charge is 0.375 e. The van der Waals surface area contributed by atoms with Crippen molar-refractivity contribution >= 4 is 17.7 Å². The van der Waals surface area contributed by atoms with Gasteiger partial charge in [0.05, 0.1) is 25.4 Å². The number of nitrogens with two attached hydrogens (primary N) is 1.